The van der Waals surface area contributed by atoms with Gasteiger partial charge in [-0.25, -0.2) is 4.98 Å². The Hall–Kier alpha value is -3.97. The highest BCUT2D eigenvalue weighted by Gasteiger charge is 2.32. The zero-order chi connectivity index (χ0) is 24.7. The molecule has 2 aromatic carbocycles. The van der Waals surface area contributed by atoms with Gasteiger partial charge in [-0.1, -0.05) is 30.3 Å². The van der Waals surface area contributed by atoms with Crippen LogP contribution in [-0.4, -0.2) is 34.4 Å². The minimum absolute atomic E-state index is 0.258. The van der Waals surface area contributed by atoms with Gasteiger partial charge in [0.25, 0.3) is 0 Å². The first-order chi connectivity index (χ1) is 16.2. The van der Waals surface area contributed by atoms with Crippen LogP contribution in [0.5, 0.6) is 0 Å². The standard InChI is InChI=1S/C24H19F3N4O2S/c1-17(32)31(21-5-3-2-4-6-21)23-29-20(15-34-23)11-12-22(33)30(16-24(25,26)27)14-19-9-7-18(13-28)8-10-19/h2-12,15H,14,16H2,1H3. The highest BCUT2D eigenvalue weighted by atomic mass is 32.1. The lowest BCUT2D eigenvalue weighted by molar-refractivity contribution is -0.159. The second kappa shape index (κ2) is 10.8. The number of thiazole rings is 1. The van der Waals surface area contributed by atoms with Crippen LogP contribution < -0.4 is 4.90 Å². The van der Waals surface area contributed by atoms with Crippen LogP contribution in [0.15, 0.2) is 66.1 Å². The molecule has 1 aromatic heterocycles. The van der Waals surface area contributed by atoms with E-state index in [2.05, 4.69) is 4.98 Å². The van der Waals surface area contributed by atoms with E-state index in [4.69, 9.17) is 5.26 Å². The number of benzene rings is 2. The largest absolute Gasteiger partial charge is 0.406 e. The molecule has 0 unspecified atom stereocenters. The van der Waals surface area contributed by atoms with Crippen LogP contribution in [0.4, 0.5) is 24.0 Å². The Kier molecular flexibility index (Phi) is 7.81. The van der Waals surface area contributed by atoms with Crippen LogP contribution in [0.1, 0.15) is 23.7 Å². The molecule has 0 fully saturated rings. The number of halogens is 3. The van der Waals surface area contributed by atoms with Crippen LogP contribution in [0.25, 0.3) is 6.08 Å². The Balaban J connectivity index is 1.77. The quantitative estimate of drug-likeness (QED) is 0.426. The molecule has 0 spiro atoms. The molecule has 10 heteroatoms. The summed E-state index contributed by atoms with van der Waals surface area (Å²) in [4.78, 5) is 31.1. The summed E-state index contributed by atoms with van der Waals surface area (Å²) in [5.74, 6) is -1.10. The van der Waals surface area contributed by atoms with Crippen molar-refractivity contribution >= 4 is 40.0 Å². The number of aromatic nitrogens is 1. The summed E-state index contributed by atoms with van der Waals surface area (Å²) in [6.07, 6.45) is -2.25. The highest BCUT2D eigenvalue weighted by molar-refractivity contribution is 7.14. The zero-order valence-electron chi connectivity index (χ0n) is 18.0. The van der Waals surface area contributed by atoms with E-state index in [-0.39, 0.29) is 12.5 Å². The SMILES string of the molecule is CC(=O)N(c1ccccc1)c1nc(C=CC(=O)N(Cc2ccc(C#N)cc2)CC(F)(F)F)cs1. The topological polar surface area (TPSA) is 77.3 Å². The molecule has 174 valence electrons. The first kappa shape index (κ1) is 24.7. The van der Waals surface area contributed by atoms with E-state index in [0.29, 0.717) is 32.5 Å². The van der Waals surface area contributed by atoms with E-state index in [0.717, 1.165) is 6.08 Å². The predicted octanol–water partition coefficient (Wildman–Crippen LogP) is 5.30. The van der Waals surface area contributed by atoms with Crippen molar-refractivity contribution in [2.45, 2.75) is 19.6 Å². The number of anilines is 2. The lowest BCUT2D eigenvalue weighted by Gasteiger charge is -2.22. The zero-order valence-corrected chi connectivity index (χ0v) is 18.8. The summed E-state index contributed by atoms with van der Waals surface area (Å²) < 4.78 is 39.2. The number of rotatable bonds is 7. The molecule has 0 aliphatic heterocycles. The molecule has 0 bridgehead atoms. The highest BCUT2D eigenvalue weighted by Crippen LogP contribution is 2.29. The number of alkyl halides is 3. The van der Waals surface area contributed by atoms with Crippen LogP contribution in [-0.2, 0) is 16.1 Å². The smallest absolute Gasteiger partial charge is 0.326 e. The minimum Gasteiger partial charge on any atom is -0.326 e. The average molecular weight is 485 g/mol. The number of amides is 2. The fourth-order valence-electron chi connectivity index (χ4n) is 3.05. The predicted molar refractivity (Wildman–Crippen MR) is 123 cm³/mol. The van der Waals surface area contributed by atoms with Gasteiger partial charge in [-0.3, -0.25) is 14.5 Å². The van der Waals surface area contributed by atoms with Gasteiger partial charge in [0.2, 0.25) is 11.8 Å². The molecule has 0 atom stereocenters. The van der Waals surface area contributed by atoms with Crippen molar-refractivity contribution in [1.29, 1.82) is 5.26 Å². The van der Waals surface area contributed by atoms with Crippen molar-refractivity contribution in [3.63, 3.8) is 0 Å². The molecule has 0 aliphatic rings. The van der Waals surface area contributed by atoms with Crippen molar-refractivity contribution in [3.05, 3.63) is 82.9 Å². The van der Waals surface area contributed by atoms with Gasteiger partial charge in [0, 0.05) is 24.9 Å². The van der Waals surface area contributed by atoms with Crippen LogP contribution >= 0.6 is 11.3 Å². The van der Waals surface area contributed by atoms with Crippen molar-refractivity contribution < 1.29 is 22.8 Å². The van der Waals surface area contributed by atoms with E-state index >= 15 is 0 Å². The molecule has 34 heavy (non-hydrogen) atoms. The van der Waals surface area contributed by atoms with Gasteiger partial charge in [0.15, 0.2) is 5.13 Å². The lowest BCUT2D eigenvalue weighted by atomic mass is 10.1. The minimum atomic E-state index is -4.58. The van der Waals surface area contributed by atoms with Gasteiger partial charge < -0.3 is 4.90 Å². The Morgan fingerprint density at radius 1 is 1.12 bits per heavy atom. The third kappa shape index (κ3) is 6.76. The van der Waals surface area contributed by atoms with Gasteiger partial charge in [-0.2, -0.15) is 18.4 Å². The summed E-state index contributed by atoms with van der Waals surface area (Å²) in [6.45, 7) is -0.306. The third-order valence-electron chi connectivity index (χ3n) is 4.57. The van der Waals surface area contributed by atoms with Gasteiger partial charge in [-0.05, 0) is 35.9 Å². The van der Waals surface area contributed by atoms with E-state index in [9.17, 15) is 22.8 Å². The molecular weight excluding hydrogens is 465 g/mol. The fraction of sp³-hybridized carbons (Fsp3) is 0.167. The number of nitriles is 1. The van der Waals surface area contributed by atoms with Crippen LogP contribution in [0, 0.1) is 11.3 Å². The van der Waals surface area contributed by atoms with E-state index in [1.807, 2.05) is 12.1 Å². The first-order valence-corrected chi connectivity index (χ1v) is 10.9. The average Bonchev–Trinajstić information content (AvgIpc) is 3.25. The second-order valence-electron chi connectivity index (χ2n) is 7.20. The molecular formula is C24H19F3N4O2S. The number of carbonyl (C=O) groups is 2. The van der Waals surface area contributed by atoms with Gasteiger partial charge in [0.1, 0.15) is 6.54 Å². The molecule has 1 heterocycles. The van der Waals surface area contributed by atoms with Crippen LogP contribution in [0.2, 0.25) is 0 Å². The van der Waals surface area contributed by atoms with E-state index in [1.165, 1.54) is 53.5 Å². The molecule has 0 radical (unpaired) electrons. The number of hydrogen-bond acceptors (Lipinski definition) is 5. The molecule has 0 N–H and O–H groups in total. The van der Waals surface area contributed by atoms with Gasteiger partial charge in [-0.15, -0.1) is 11.3 Å². The first-order valence-electron chi connectivity index (χ1n) is 10.0. The number of para-hydroxylation sites is 1. The molecule has 0 saturated heterocycles. The number of nitrogens with zero attached hydrogens (tertiary/aromatic N) is 4. The summed E-state index contributed by atoms with van der Waals surface area (Å²) in [6, 6.07) is 16.8. The molecule has 2 amide bonds. The third-order valence-corrected chi connectivity index (χ3v) is 5.41. The lowest BCUT2D eigenvalue weighted by Crippen LogP contribution is -2.37. The van der Waals surface area contributed by atoms with Crippen molar-refractivity contribution in [2.75, 3.05) is 11.4 Å². The Bertz CT molecular complexity index is 1220. The van der Waals surface area contributed by atoms with Crippen molar-refractivity contribution in [3.8, 4) is 6.07 Å². The summed E-state index contributed by atoms with van der Waals surface area (Å²) >= 11 is 1.17. The normalized spacial score (nSPS) is 11.3. The van der Waals surface area contributed by atoms with E-state index in [1.54, 1.807) is 29.6 Å². The molecule has 3 rings (SSSR count). The summed E-state index contributed by atoms with van der Waals surface area (Å²) in [5, 5.41) is 10.8. The molecule has 0 saturated carbocycles. The van der Waals surface area contributed by atoms with Crippen molar-refractivity contribution in [2.24, 2.45) is 0 Å². The maximum absolute atomic E-state index is 13.1. The van der Waals surface area contributed by atoms with Crippen molar-refractivity contribution in [1.82, 2.24) is 9.88 Å². The van der Waals surface area contributed by atoms with Gasteiger partial charge >= 0.3 is 6.18 Å². The molecule has 0 aliphatic carbocycles. The molecule has 6 nitrogen and oxygen atoms in total. The maximum atomic E-state index is 13.1. The van der Waals surface area contributed by atoms with Gasteiger partial charge in [0.05, 0.1) is 23.0 Å². The fourth-order valence-corrected chi connectivity index (χ4v) is 3.91. The Morgan fingerprint density at radius 2 is 1.79 bits per heavy atom. The monoisotopic (exact) mass is 484 g/mol. The van der Waals surface area contributed by atoms with Crippen LogP contribution in [0.3, 0.4) is 0 Å². The number of carbonyl (C=O) groups excluding carboxylic acids is 2. The Labute approximate surface area is 198 Å². The van der Waals surface area contributed by atoms with E-state index < -0.39 is 18.6 Å². The maximum Gasteiger partial charge on any atom is 0.406 e. The summed E-state index contributed by atoms with van der Waals surface area (Å²) in [5.41, 5.74) is 1.78. The summed E-state index contributed by atoms with van der Waals surface area (Å²) in [7, 11) is 0. The number of hydrogen-bond donors (Lipinski definition) is 0. The Morgan fingerprint density at radius 3 is 2.38 bits per heavy atom. The second-order valence-corrected chi connectivity index (χ2v) is 8.03. The molecule has 3 aromatic rings.